The summed E-state index contributed by atoms with van der Waals surface area (Å²) >= 11 is 3.60. The molecule has 0 atom stereocenters. The summed E-state index contributed by atoms with van der Waals surface area (Å²) in [5, 5.41) is 3.41. The Morgan fingerprint density at radius 2 is 1.85 bits per heavy atom. The molecule has 0 saturated heterocycles. The fourth-order valence-corrected chi connectivity index (χ4v) is 2.31. The molecule has 2 nitrogen and oxygen atoms in total. The van der Waals surface area contributed by atoms with Gasteiger partial charge in [-0.2, -0.15) is 0 Å². The summed E-state index contributed by atoms with van der Waals surface area (Å²) in [5.41, 5.74) is 2.42. The molecule has 0 aliphatic heterocycles. The number of hydrogen-bond donors (Lipinski definition) is 1. The standard InChI is InChI=1S/C17H20BrNO/c1-13(2)19-11-15-8-9-16(10-17(15)18)20-12-14-6-4-3-5-7-14/h3-10,13,19H,11-12H2,1-2H3. The Morgan fingerprint density at radius 3 is 2.50 bits per heavy atom. The number of halogens is 1. The van der Waals surface area contributed by atoms with Crippen LogP contribution in [-0.4, -0.2) is 6.04 Å². The van der Waals surface area contributed by atoms with Crippen LogP contribution in [0.4, 0.5) is 0 Å². The van der Waals surface area contributed by atoms with Crippen LogP contribution in [0.15, 0.2) is 53.0 Å². The number of hydrogen-bond acceptors (Lipinski definition) is 2. The van der Waals surface area contributed by atoms with Crippen molar-refractivity contribution in [2.45, 2.75) is 33.0 Å². The molecule has 0 radical (unpaired) electrons. The molecule has 0 spiro atoms. The Hall–Kier alpha value is -1.32. The van der Waals surface area contributed by atoms with Crippen molar-refractivity contribution in [1.82, 2.24) is 5.32 Å². The zero-order valence-electron chi connectivity index (χ0n) is 11.9. The molecule has 0 bridgehead atoms. The van der Waals surface area contributed by atoms with Gasteiger partial charge in [0.15, 0.2) is 0 Å². The normalized spacial score (nSPS) is 10.8. The van der Waals surface area contributed by atoms with Gasteiger partial charge in [-0.25, -0.2) is 0 Å². The van der Waals surface area contributed by atoms with Crippen LogP contribution in [0.25, 0.3) is 0 Å². The second kappa shape index (κ2) is 7.46. The van der Waals surface area contributed by atoms with Gasteiger partial charge in [-0.05, 0) is 23.3 Å². The largest absolute Gasteiger partial charge is 0.489 e. The minimum absolute atomic E-state index is 0.482. The van der Waals surface area contributed by atoms with Crippen LogP contribution >= 0.6 is 15.9 Å². The third-order valence-corrected chi connectivity index (χ3v) is 3.71. The van der Waals surface area contributed by atoms with E-state index in [9.17, 15) is 0 Å². The molecule has 2 rings (SSSR count). The quantitative estimate of drug-likeness (QED) is 0.838. The lowest BCUT2D eigenvalue weighted by Crippen LogP contribution is -2.21. The maximum Gasteiger partial charge on any atom is 0.120 e. The lowest BCUT2D eigenvalue weighted by Gasteiger charge is -2.12. The molecular weight excluding hydrogens is 314 g/mol. The van der Waals surface area contributed by atoms with E-state index in [2.05, 4.69) is 53.3 Å². The molecule has 2 aromatic carbocycles. The first kappa shape index (κ1) is 15.1. The van der Waals surface area contributed by atoms with E-state index in [0.29, 0.717) is 12.6 Å². The van der Waals surface area contributed by atoms with E-state index >= 15 is 0 Å². The van der Waals surface area contributed by atoms with Crippen molar-refractivity contribution in [3.63, 3.8) is 0 Å². The zero-order valence-corrected chi connectivity index (χ0v) is 13.5. The molecular formula is C17H20BrNO. The number of rotatable bonds is 6. The average molecular weight is 334 g/mol. The molecule has 0 aromatic heterocycles. The van der Waals surface area contributed by atoms with Crippen molar-refractivity contribution in [3.05, 3.63) is 64.1 Å². The van der Waals surface area contributed by atoms with Gasteiger partial charge in [0.1, 0.15) is 12.4 Å². The summed E-state index contributed by atoms with van der Waals surface area (Å²) in [6.07, 6.45) is 0. The minimum atomic E-state index is 0.482. The number of nitrogens with one attached hydrogen (secondary N) is 1. The molecule has 20 heavy (non-hydrogen) atoms. The highest BCUT2D eigenvalue weighted by Crippen LogP contribution is 2.23. The van der Waals surface area contributed by atoms with Gasteiger partial charge in [0.05, 0.1) is 0 Å². The van der Waals surface area contributed by atoms with Gasteiger partial charge in [0.2, 0.25) is 0 Å². The SMILES string of the molecule is CC(C)NCc1ccc(OCc2ccccc2)cc1Br. The molecule has 0 amide bonds. The Labute approximate surface area is 129 Å². The molecule has 2 aromatic rings. The minimum Gasteiger partial charge on any atom is -0.489 e. The second-order valence-corrected chi connectivity index (χ2v) is 5.92. The summed E-state index contributed by atoms with van der Waals surface area (Å²) < 4.78 is 6.88. The third-order valence-electron chi connectivity index (χ3n) is 2.97. The van der Waals surface area contributed by atoms with Crippen LogP contribution in [0, 0.1) is 0 Å². The van der Waals surface area contributed by atoms with Crippen molar-refractivity contribution in [3.8, 4) is 5.75 Å². The summed E-state index contributed by atoms with van der Waals surface area (Å²) in [7, 11) is 0. The summed E-state index contributed by atoms with van der Waals surface area (Å²) in [5.74, 6) is 0.883. The van der Waals surface area contributed by atoms with Crippen molar-refractivity contribution in [1.29, 1.82) is 0 Å². The molecule has 0 unspecified atom stereocenters. The number of ether oxygens (including phenoxy) is 1. The van der Waals surface area contributed by atoms with E-state index in [-0.39, 0.29) is 0 Å². The molecule has 0 saturated carbocycles. The van der Waals surface area contributed by atoms with Crippen LogP contribution in [-0.2, 0) is 13.2 Å². The fourth-order valence-electron chi connectivity index (χ4n) is 1.82. The van der Waals surface area contributed by atoms with Gasteiger partial charge in [-0.15, -0.1) is 0 Å². The molecule has 0 aliphatic carbocycles. The topological polar surface area (TPSA) is 21.3 Å². The van der Waals surface area contributed by atoms with Crippen LogP contribution in [0.3, 0.4) is 0 Å². The molecule has 0 fully saturated rings. The summed E-state index contributed by atoms with van der Waals surface area (Å²) in [4.78, 5) is 0. The van der Waals surface area contributed by atoms with E-state index in [0.717, 1.165) is 16.8 Å². The van der Waals surface area contributed by atoms with Gasteiger partial charge in [-0.3, -0.25) is 0 Å². The predicted molar refractivity (Wildman–Crippen MR) is 86.9 cm³/mol. The molecule has 0 aliphatic rings. The van der Waals surface area contributed by atoms with Crippen molar-refractivity contribution < 1.29 is 4.74 Å². The Morgan fingerprint density at radius 1 is 1.10 bits per heavy atom. The van der Waals surface area contributed by atoms with E-state index in [1.54, 1.807) is 0 Å². The zero-order chi connectivity index (χ0) is 14.4. The monoisotopic (exact) mass is 333 g/mol. The highest BCUT2D eigenvalue weighted by Gasteiger charge is 2.03. The van der Waals surface area contributed by atoms with E-state index in [1.165, 1.54) is 11.1 Å². The van der Waals surface area contributed by atoms with Crippen LogP contribution in [0.5, 0.6) is 5.75 Å². The highest BCUT2D eigenvalue weighted by molar-refractivity contribution is 9.10. The van der Waals surface area contributed by atoms with E-state index in [4.69, 9.17) is 4.74 Å². The number of benzene rings is 2. The van der Waals surface area contributed by atoms with Gasteiger partial charge >= 0.3 is 0 Å². The average Bonchev–Trinajstić information content (AvgIpc) is 2.45. The Balaban J connectivity index is 1.95. The Kier molecular flexibility index (Phi) is 5.62. The smallest absolute Gasteiger partial charge is 0.120 e. The molecule has 3 heteroatoms. The lowest BCUT2D eigenvalue weighted by molar-refractivity contribution is 0.306. The van der Waals surface area contributed by atoms with Crippen molar-refractivity contribution in [2.24, 2.45) is 0 Å². The summed E-state index contributed by atoms with van der Waals surface area (Å²) in [6, 6.07) is 16.8. The first-order chi connectivity index (χ1) is 9.65. The predicted octanol–water partition coefficient (Wildman–Crippen LogP) is 4.53. The first-order valence-corrected chi connectivity index (χ1v) is 7.63. The van der Waals surface area contributed by atoms with Gasteiger partial charge in [0.25, 0.3) is 0 Å². The highest BCUT2D eigenvalue weighted by atomic mass is 79.9. The molecule has 106 valence electrons. The fraction of sp³-hybridized carbons (Fsp3) is 0.294. The molecule has 1 N–H and O–H groups in total. The van der Waals surface area contributed by atoms with E-state index < -0.39 is 0 Å². The molecule has 0 heterocycles. The van der Waals surface area contributed by atoms with Crippen LogP contribution in [0.2, 0.25) is 0 Å². The van der Waals surface area contributed by atoms with Gasteiger partial charge < -0.3 is 10.1 Å². The van der Waals surface area contributed by atoms with Gasteiger partial charge in [-0.1, -0.05) is 66.2 Å². The summed E-state index contributed by atoms with van der Waals surface area (Å²) in [6.45, 7) is 5.74. The maximum atomic E-state index is 5.80. The van der Waals surface area contributed by atoms with Crippen molar-refractivity contribution in [2.75, 3.05) is 0 Å². The van der Waals surface area contributed by atoms with Crippen LogP contribution in [0.1, 0.15) is 25.0 Å². The van der Waals surface area contributed by atoms with E-state index in [1.807, 2.05) is 30.3 Å². The Bertz CT molecular complexity index is 540. The first-order valence-electron chi connectivity index (χ1n) is 6.83. The lowest BCUT2D eigenvalue weighted by atomic mass is 10.2. The van der Waals surface area contributed by atoms with Gasteiger partial charge in [0, 0.05) is 17.1 Å². The second-order valence-electron chi connectivity index (χ2n) is 5.06. The maximum absolute atomic E-state index is 5.80. The van der Waals surface area contributed by atoms with Crippen molar-refractivity contribution >= 4 is 15.9 Å². The third kappa shape index (κ3) is 4.66. The van der Waals surface area contributed by atoms with Crippen LogP contribution < -0.4 is 10.1 Å².